The summed E-state index contributed by atoms with van der Waals surface area (Å²) < 4.78 is 0. The predicted molar refractivity (Wildman–Crippen MR) is 225 cm³/mol. The van der Waals surface area contributed by atoms with Crippen LogP contribution in [0.4, 0.5) is 0 Å². The van der Waals surface area contributed by atoms with Crippen LogP contribution in [0.1, 0.15) is 147 Å². The first-order chi connectivity index (χ1) is 28.4. The lowest BCUT2D eigenvalue weighted by molar-refractivity contribution is 0.103. The summed E-state index contributed by atoms with van der Waals surface area (Å²) in [5.41, 5.74) is 4.87. The quantitative estimate of drug-likeness (QED) is 0.173. The Hall–Kier alpha value is -5.30. The van der Waals surface area contributed by atoms with Crippen LogP contribution in [0.15, 0.2) is 83.0 Å². The third-order valence-corrected chi connectivity index (χ3v) is 15.0. The topological polar surface area (TPSA) is 129 Å². The normalized spacial score (nSPS) is 31.2. The molecule has 0 saturated heterocycles. The molecule has 58 heavy (non-hydrogen) atoms. The number of ketones is 2. The second-order valence-electron chi connectivity index (χ2n) is 18.2. The molecule has 8 rings (SSSR count). The molecular weight excluding hydrogens is 713 g/mol. The molecule has 2 aromatic carbocycles. The Balaban J connectivity index is 0.860. The van der Waals surface area contributed by atoms with Crippen LogP contribution in [0.5, 0.6) is 0 Å². The van der Waals surface area contributed by atoms with E-state index < -0.39 is 0 Å². The third kappa shape index (κ3) is 7.93. The molecule has 0 spiro atoms. The summed E-state index contributed by atoms with van der Waals surface area (Å²) in [5.74, 6) is 5.24. The third-order valence-electron chi connectivity index (χ3n) is 15.0. The molecule has 0 heterocycles. The second kappa shape index (κ2) is 17.7. The molecule has 294 valence electrons. The first kappa shape index (κ1) is 39.5. The highest BCUT2D eigenvalue weighted by Crippen LogP contribution is 2.56. The molecule has 0 N–H and O–H groups in total. The number of carbonyl (C=O) groups excluding carboxylic acids is 2. The molecule has 6 heteroatoms. The van der Waals surface area contributed by atoms with Gasteiger partial charge in [0.15, 0.2) is 11.6 Å². The van der Waals surface area contributed by atoms with E-state index in [-0.39, 0.29) is 28.6 Å². The first-order valence-corrected chi connectivity index (χ1v) is 22.3. The van der Waals surface area contributed by atoms with Gasteiger partial charge >= 0.3 is 0 Å². The van der Waals surface area contributed by atoms with E-state index in [9.17, 15) is 30.6 Å². The van der Waals surface area contributed by atoms with Crippen LogP contribution in [0.2, 0.25) is 0 Å². The van der Waals surface area contributed by atoms with Crippen molar-refractivity contribution in [1.29, 1.82) is 21.0 Å². The average molecular weight is 767 g/mol. The Morgan fingerprint density at radius 3 is 1.45 bits per heavy atom. The fourth-order valence-corrected chi connectivity index (χ4v) is 12.2. The minimum absolute atomic E-state index is 0.0256. The zero-order valence-corrected chi connectivity index (χ0v) is 33.7. The molecule has 0 bridgehead atoms. The molecular formula is C52H54N4O2. The summed E-state index contributed by atoms with van der Waals surface area (Å²) in [6.07, 6.45) is 26.4. The molecule has 0 aromatic heterocycles. The Labute approximate surface area is 344 Å². The van der Waals surface area contributed by atoms with Crippen molar-refractivity contribution in [1.82, 2.24) is 0 Å². The number of nitrogens with zero attached hydrogens (tertiary/aromatic N) is 4. The minimum atomic E-state index is -0.0561. The Kier molecular flexibility index (Phi) is 12.0. The number of hydrogen-bond acceptors (Lipinski definition) is 6. The van der Waals surface area contributed by atoms with Gasteiger partial charge in [-0.3, -0.25) is 9.59 Å². The van der Waals surface area contributed by atoms with E-state index in [0.717, 1.165) is 73.7 Å². The zero-order valence-electron chi connectivity index (χ0n) is 33.7. The molecule has 6 atom stereocenters. The monoisotopic (exact) mass is 766 g/mol. The van der Waals surface area contributed by atoms with Gasteiger partial charge in [0.05, 0.1) is 0 Å². The maximum Gasteiger partial charge on any atom is 0.194 e. The first-order valence-electron chi connectivity index (χ1n) is 22.3. The zero-order chi connectivity index (χ0) is 40.2. The van der Waals surface area contributed by atoms with Crippen LogP contribution < -0.4 is 0 Å². The van der Waals surface area contributed by atoms with Gasteiger partial charge in [-0.05, 0) is 110 Å². The lowest BCUT2D eigenvalue weighted by Gasteiger charge is -2.31. The molecule has 4 fully saturated rings. The van der Waals surface area contributed by atoms with Gasteiger partial charge in [0.25, 0.3) is 0 Å². The predicted octanol–water partition coefficient (Wildman–Crippen LogP) is 12.2. The number of benzene rings is 2. The van der Waals surface area contributed by atoms with E-state index in [1.54, 1.807) is 0 Å². The largest absolute Gasteiger partial charge is 0.289 e. The van der Waals surface area contributed by atoms with Crippen molar-refractivity contribution < 1.29 is 9.59 Å². The van der Waals surface area contributed by atoms with Gasteiger partial charge in [0, 0.05) is 33.4 Å². The van der Waals surface area contributed by atoms with E-state index in [1.165, 1.54) is 77.0 Å². The number of Topliss-reactive ketones (excluding diaryl/α,β-unsaturated/α-hetero) is 2. The molecule has 6 aliphatic carbocycles. The van der Waals surface area contributed by atoms with Gasteiger partial charge in [0.2, 0.25) is 0 Å². The highest BCUT2D eigenvalue weighted by molar-refractivity contribution is 6.28. The summed E-state index contributed by atoms with van der Waals surface area (Å²) in [6.45, 7) is 0. The maximum atomic E-state index is 13.6. The van der Waals surface area contributed by atoms with E-state index >= 15 is 0 Å². The molecule has 6 aliphatic rings. The molecule has 0 amide bonds. The van der Waals surface area contributed by atoms with Crippen molar-refractivity contribution in [2.24, 2.45) is 47.3 Å². The molecule has 6 unspecified atom stereocenters. The SMILES string of the molecule is N#CC(C#N)=C1/C(=C/C2CCCCC(C3CCCC(C4CCCC(/C=C5\C(=O)c6ccccc6C5=C(C#N)C#N)CC5CC54)CC3)CCCC2)C(=O)c2ccccc21. The van der Waals surface area contributed by atoms with Gasteiger partial charge in [-0.25, -0.2) is 0 Å². The average Bonchev–Trinajstić information content (AvgIpc) is 3.93. The molecule has 0 aliphatic heterocycles. The van der Waals surface area contributed by atoms with E-state index in [4.69, 9.17) is 0 Å². The number of nitriles is 4. The number of allylic oxidation sites excluding steroid dienone is 8. The number of fused-ring (bicyclic) bond motifs is 3. The van der Waals surface area contributed by atoms with Gasteiger partial charge in [-0.2, -0.15) is 21.0 Å². The van der Waals surface area contributed by atoms with Crippen molar-refractivity contribution >= 4 is 22.7 Å². The second-order valence-corrected chi connectivity index (χ2v) is 18.2. The summed E-state index contributed by atoms with van der Waals surface area (Å²) >= 11 is 0. The molecule has 4 saturated carbocycles. The van der Waals surface area contributed by atoms with Gasteiger partial charge < -0.3 is 0 Å². The highest BCUT2D eigenvalue weighted by atomic mass is 16.1. The van der Waals surface area contributed by atoms with E-state index in [2.05, 4.69) is 36.4 Å². The van der Waals surface area contributed by atoms with E-state index in [1.807, 2.05) is 48.5 Å². The van der Waals surface area contributed by atoms with Gasteiger partial charge in [-0.1, -0.05) is 125 Å². The summed E-state index contributed by atoms with van der Waals surface area (Å²) in [5, 5.41) is 39.1. The van der Waals surface area contributed by atoms with Crippen LogP contribution in [0, 0.1) is 92.7 Å². The van der Waals surface area contributed by atoms with Crippen molar-refractivity contribution in [2.75, 3.05) is 0 Å². The Morgan fingerprint density at radius 2 is 0.879 bits per heavy atom. The fraction of sp³-hybridized carbons (Fsp3) is 0.500. The molecule has 2 aromatic rings. The summed E-state index contributed by atoms with van der Waals surface area (Å²) in [7, 11) is 0. The van der Waals surface area contributed by atoms with Crippen molar-refractivity contribution in [2.45, 2.75) is 116 Å². The van der Waals surface area contributed by atoms with Crippen LogP contribution in [0.3, 0.4) is 0 Å². The van der Waals surface area contributed by atoms with Crippen LogP contribution in [-0.4, -0.2) is 11.6 Å². The minimum Gasteiger partial charge on any atom is -0.289 e. The van der Waals surface area contributed by atoms with Crippen molar-refractivity contribution in [3.8, 4) is 24.3 Å². The van der Waals surface area contributed by atoms with E-state index in [0.29, 0.717) is 50.8 Å². The Morgan fingerprint density at radius 1 is 0.448 bits per heavy atom. The molecule has 6 nitrogen and oxygen atoms in total. The summed E-state index contributed by atoms with van der Waals surface area (Å²) in [6, 6.07) is 23.0. The maximum absolute atomic E-state index is 13.6. The van der Waals surface area contributed by atoms with Gasteiger partial charge in [-0.15, -0.1) is 0 Å². The smallest absolute Gasteiger partial charge is 0.194 e. The number of rotatable bonds is 4. The van der Waals surface area contributed by atoms with Crippen molar-refractivity contribution in [3.05, 3.63) is 105 Å². The standard InChI is InChI=1S/C52H54N4O2/c53-29-39(30-54)49-42-18-5-7-20-44(42)51(57)47(49)26-33-11-1-3-14-35(15-4-2-12-33)36-16-10-17-37(24-23-36)41-22-9-13-34(25-38-28-46(38)41)27-48-50(40(31-55)32-56)43-19-6-8-21-45(43)52(48)58/h5-8,18-21,26-27,33-38,41,46H,1-4,9-17,22-25,28H2/b47-26-,48-27-. The highest BCUT2D eigenvalue weighted by Gasteiger charge is 2.47. The lowest BCUT2D eigenvalue weighted by Crippen LogP contribution is -2.21. The van der Waals surface area contributed by atoms with Crippen LogP contribution in [-0.2, 0) is 0 Å². The Bertz CT molecular complexity index is 2220. The molecule has 0 radical (unpaired) electrons. The van der Waals surface area contributed by atoms with Crippen LogP contribution in [0.25, 0.3) is 11.1 Å². The number of hydrogen-bond donors (Lipinski definition) is 0. The van der Waals surface area contributed by atoms with Crippen molar-refractivity contribution in [3.63, 3.8) is 0 Å². The summed E-state index contributed by atoms with van der Waals surface area (Å²) in [4.78, 5) is 27.1. The fourth-order valence-electron chi connectivity index (χ4n) is 12.2. The number of carbonyl (C=O) groups is 2. The van der Waals surface area contributed by atoms with Crippen LogP contribution >= 0.6 is 0 Å². The lowest BCUT2D eigenvalue weighted by atomic mass is 9.75. The van der Waals surface area contributed by atoms with Gasteiger partial charge in [0.1, 0.15) is 35.4 Å².